The lowest BCUT2D eigenvalue weighted by Crippen LogP contribution is -2.25. The Kier molecular flexibility index (Phi) is 4.43. The summed E-state index contributed by atoms with van der Waals surface area (Å²) in [5, 5.41) is 8.49. The van der Waals surface area contributed by atoms with Crippen molar-refractivity contribution in [1.29, 1.82) is 0 Å². The topological polar surface area (TPSA) is 62.6 Å². The summed E-state index contributed by atoms with van der Waals surface area (Å²) >= 11 is 0. The molecule has 0 unspecified atom stereocenters. The van der Waals surface area contributed by atoms with Crippen LogP contribution in [0, 0.1) is 5.82 Å². The number of aromatic nitrogens is 5. The maximum absolute atomic E-state index is 14.3. The normalized spacial score (nSPS) is 17.1. The SMILES string of the molecule is C=C1C[C@@H](c2nc3ccc(C(C)(C)C)cc3[nH]2)N(c2cc(F)ccc2-n2nccn2)C1. The average Bonchev–Trinajstić information content (AvgIpc) is 3.45. The summed E-state index contributed by atoms with van der Waals surface area (Å²) in [5.74, 6) is 0.546. The van der Waals surface area contributed by atoms with Crippen LogP contribution in [0.3, 0.4) is 0 Å². The molecule has 0 bridgehead atoms. The highest BCUT2D eigenvalue weighted by molar-refractivity contribution is 5.77. The van der Waals surface area contributed by atoms with Crippen LogP contribution in [0.25, 0.3) is 16.7 Å². The Morgan fingerprint density at radius 1 is 1.06 bits per heavy atom. The Morgan fingerprint density at radius 3 is 2.58 bits per heavy atom. The zero-order valence-electron chi connectivity index (χ0n) is 17.9. The van der Waals surface area contributed by atoms with Gasteiger partial charge in [-0.05, 0) is 47.7 Å². The number of benzene rings is 2. The van der Waals surface area contributed by atoms with E-state index in [0.29, 0.717) is 6.54 Å². The van der Waals surface area contributed by atoms with Gasteiger partial charge in [0.05, 0.1) is 35.2 Å². The van der Waals surface area contributed by atoms with E-state index >= 15 is 0 Å². The molecular formula is C24H25FN6. The number of fused-ring (bicyclic) bond motifs is 1. The molecule has 1 atom stereocenters. The third-order valence-corrected chi connectivity index (χ3v) is 5.82. The molecule has 1 aliphatic rings. The van der Waals surface area contributed by atoms with Gasteiger partial charge in [0, 0.05) is 6.54 Å². The summed E-state index contributed by atoms with van der Waals surface area (Å²) in [5.41, 5.74) is 5.75. The number of aromatic amines is 1. The minimum absolute atomic E-state index is 0.0559. The van der Waals surface area contributed by atoms with Gasteiger partial charge in [0.1, 0.15) is 17.3 Å². The number of hydrogen-bond acceptors (Lipinski definition) is 4. The molecule has 0 amide bonds. The molecule has 1 aliphatic heterocycles. The van der Waals surface area contributed by atoms with E-state index in [1.54, 1.807) is 18.5 Å². The summed E-state index contributed by atoms with van der Waals surface area (Å²) in [7, 11) is 0. The second-order valence-electron chi connectivity index (χ2n) is 9.15. The van der Waals surface area contributed by atoms with Crippen molar-refractivity contribution >= 4 is 16.7 Å². The number of anilines is 1. The van der Waals surface area contributed by atoms with Gasteiger partial charge in [0.15, 0.2) is 0 Å². The first kappa shape index (κ1) is 19.5. The molecule has 5 rings (SSSR count). The summed E-state index contributed by atoms with van der Waals surface area (Å²) in [4.78, 5) is 12.0. The molecule has 2 aromatic heterocycles. The van der Waals surface area contributed by atoms with Crippen LogP contribution < -0.4 is 4.90 Å². The van der Waals surface area contributed by atoms with Gasteiger partial charge in [-0.25, -0.2) is 9.37 Å². The molecule has 3 heterocycles. The number of imidazole rings is 1. The number of halogens is 1. The predicted molar refractivity (Wildman–Crippen MR) is 120 cm³/mol. The van der Waals surface area contributed by atoms with E-state index in [9.17, 15) is 4.39 Å². The zero-order valence-corrected chi connectivity index (χ0v) is 17.9. The Balaban J connectivity index is 1.59. The molecule has 2 aromatic carbocycles. The first-order chi connectivity index (χ1) is 14.8. The van der Waals surface area contributed by atoms with Crippen LogP contribution in [0.1, 0.15) is 44.6 Å². The van der Waals surface area contributed by atoms with Gasteiger partial charge >= 0.3 is 0 Å². The van der Waals surface area contributed by atoms with E-state index in [-0.39, 0.29) is 17.3 Å². The van der Waals surface area contributed by atoms with Crippen LogP contribution in [0.4, 0.5) is 10.1 Å². The lowest BCUT2D eigenvalue weighted by atomic mass is 9.87. The Hall–Kier alpha value is -3.48. The molecule has 6 nitrogen and oxygen atoms in total. The Labute approximate surface area is 180 Å². The van der Waals surface area contributed by atoms with Crippen LogP contribution >= 0.6 is 0 Å². The zero-order chi connectivity index (χ0) is 21.8. The molecule has 0 radical (unpaired) electrons. The van der Waals surface area contributed by atoms with E-state index in [4.69, 9.17) is 4.98 Å². The highest BCUT2D eigenvalue weighted by atomic mass is 19.1. The van der Waals surface area contributed by atoms with Gasteiger partial charge in [0.25, 0.3) is 0 Å². The van der Waals surface area contributed by atoms with Gasteiger partial charge in [0.2, 0.25) is 0 Å². The van der Waals surface area contributed by atoms with Crippen molar-refractivity contribution in [2.75, 3.05) is 11.4 Å². The van der Waals surface area contributed by atoms with Crippen molar-refractivity contribution in [3.8, 4) is 5.69 Å². The van der Waals surface area contributed by atoms with Crippen LogP contribution in [0.5, 0.6) is 0 Å². The van der Waals surface area contributed by atoms with Gasteiger partial charge in [-0.2, -0.15) is 10.2 Å². The minimum Gasteiger partial charge on any atom is -0.355 e. The molecule has 158 valence electrons. The van der Waals surface area contributed by atoms with Crippen LogP contribution in [0.2, 0.25) is 0 Å². The molecule has 7 heteroatoms. The number of rotatable bonds is 3. The van der Waals surface area contributed by atoms with Gasteiger partial charge in [-0.15, -0.1) is 4.80 Å². The maximum atomic E-state index is 14.3. The van der Waals surface area contributed by atoms with E-state index in [2.05, 4.69) is 65.6 Å². The molecule has 0 aliphatic carbocycles. The largest absolute Gasteiger partial charge is 0.355 e. The lowest BCUT2D eigenvalue weighted by Gasteiger charge is -2.27. The Morgan fingerprint density at radius 2 is 1.84 bits per heavy atom. The molecule has 0 saturated carbocycles. The molecule has 31 heavy (non-hydrogen) atoms. The second kappa shape index (κ2) is 7.04. The van der Waals surface area contributed by atoms with Gasteiger partial charge in [-0.1, -0.05) is 39.0 Å². The molecule has 1 fully saturated rings. The van der Waals surface area contributed by atoms with E-state index < -0.39 is 0 Å². The van der Waals surface area contributed by atoms with Crippen LogP contribution in [-0.2, 0) is 5.41 Å². The maximum Gasteiger partial charge on any atom is 0.130 e. The second-order valence-corrected chi connectivity index (χ2v) is 9.15. The average molecular weight is 417 g/mol. The lowest BCUT2D eigenvalue weighted by molar-refractivity contribution is 0.591. The number of H-pyrrole nitrogens is 1. The summed E-state index contributed by atoms with van der Waals surface area (Å²) in [6.07, 6.45) is 3.97. The Bertz CT molecular complexity index is 1270. The minimum atomic E-state index is -0.304. The fourth-order valence-electron chi connectivity index (χ4n) is 4.19. The van der Waals surface area contributed by atoms with Crippen molar-refractivity contribution in [2.24, 2.45) is 0 Å². The first-order valence-corrected chi connectivity index (χ1v) is 10.4. The third-order valence-electron chi connectivity index (χ3n) is 5.82. The van der Waals surface area contributed by atoms with E-state index in [1.807, 2.05) is 0 Å². The van der Waals surface area contributed by atoms with Crippen molar-refractivity contribution in [2.45, 2.75) is 38.6 Å². The summed E-state index contributed by atoms with van der Waals surface area (Å²) < 4.78 is 14.3. The third kappa shape index (κ3) is 3.50. The quantitative estimate of drug-likeness (QED) is 0.473. The standard InChI is InChI=1S/C24H25FN6/c1-15-11-22(23-28-18-7-5-16(24(2,3)4)12-19(18)29-23)30(14-15)21-13-17(25)6-8-20(21)31-26-9-10-27-31/h5-10,12-13,22H,1,11,14H2,2-4H3,(H,28,29)/t22-/m0/s1. The number of hydrogen-bond donors (Lipinski definition) is 1. The van der Waals surface area contributed by atoms with E-state index in [0.717, 1.165) is 40.2 Å². The van der Waals surface area contributed by atoms with Crippen LogP contribution in [-0.4, -0.2) is 31.5 Å². The van der Waals surface area contributed by atoms with Crippen molar-refractivity contribution in [3.63, 3.8) is 0 Å². The predicted octanol–water partition coefficient (Wildman–Crippen LogP) is 5.09. The number of nitrogens with zero attached hydrogens (tertiary/aromatic N) is 5. The molecular weight excluding hydrogens is 391 g/mol. The summed E-state index contributed by atoms with van der Waals surface area (Å²) in [6, 6.07) is 11.0. The van der Waals surface area contributed by atoms with Gasteiger partial charge < -0.3 is 9.88 Å². The first-order valence-electron chi connectivity index (χ1n) is 10.4. The summed E-state index contributed by atoms with van der Waals surface area (Å²) in [6.45, 7) is 11.4. The fraction of sp³-hybridized carbons (Fsp3) is 0.292. The van der Waals surface area contributed by atoms with E-state index in [1.165, 1.54) is 22.5 Å². The highest BCUT2D eigenvalue weighted by Gasteiger charge is 2.33. The molecule has 0 spiro atoms. The van der Waals surface area contributed by atoms with Crippen LogP contribution in [0.15, 0.2) is 60.9 Å². The molecule has 1 N–H and O–H groups in total. The van der Waals surface area contributed by atoms with Crippen molar-refractivity contribution in [3.05, 3.63) is 78.1 Å². The fourth-order valence-corrected chi connectivity index (χ4v) is 4.19. The van der Waals surface area contributed by atoms with Gasteiger partial charge in [-0.3, -0.25) is 0 Å². The van der Waals surface area contributed by atoms with Crippen molar-refractivity contribution in [1.82, 2.24) is 25.0 Å². The molecule has 4 aromatic rings. The molecule has 1 saturated heterocycles. The van der Waals surface area contributed by atoms with Crippen molar-refractivity contribution < 1.29 is 4.39 Å². The number of nitrogens with one attached hydrogen (secondary N) is 1. The monoisotopic (exact) mass is 416 g/mol. The smallest absolute Gasteiger partial charge is 0.130 e. The highest BCUT2D eigenvalue weighted by Crippen LogP contribution is 2.40.